The summed E-state index contributed by atoms with van der Waals surface area (Å²) in [7, 11) is 4.94. The molecule has 0 bridgehead atoms. The van der Waals surface area contributed by atoms with Crippen molar-refractivity contribution in [2.45, 2.75) is 27.1 Å². The van der Waals surface area contributed by atoms with E-state index in [-0.39, 0.29) is 24.7 Å². The van der Waals surface area contributed by atoms with Gasteiger partial charge in [0, 0.05) is 13.6 Å². The first-order valence-corrected chi connectivity index (χ1v) is 7.67. The van der Waals surface area contributed by atoms with Gasteiger partial charge >= 0.3 is 11.7 Å². The van der Waals surface area contributed by atoms with Crippen molar-refractivity contribution >= 4 is 17.1 Å². The van der Waals surface area contributed by atoms with Crippen molar-refractivity contribution in [1.29, 1.82) is 0 Å². The smallest absolute Gasteiger partial charge is 0.332 e. The van der Waals surface area contributed by atoms with E-state index in [1.165, 1.54) is 22.5 Å². The van der Waals surface area contributed by atoms with E-state index in [1.807, 2.05) is 13.8 Å². The first-order chi connectivity index (χ1) is 11.2. The summed E-state index contributed by atoms with van der Waals surface area (Å²) in [6.07, 6.45) is 1.41. The third-order valence-corrected chi connectivity index (χ3v) is 3.46. The van der Waals surface area contributed by atoms with Crippen molar-refractivity contribution < 1.29 is 9.53 Å². The second-order valence-electron chi connectivity index (χ2n) is 6.42. The molecule has 24 heavy (non-hydrogen) atoms. The molecule has 0 unspecified atom stereocenters. The van der Waals surface area contributed by atoms with Crippen molar-refractivity contribution in [2.75, 3.05) is 20.6 Å². The van der Waals surface area contributed by atoms with Crippen LogP contribution in [0.5, 0.6) is 0 Å². The van der Waals surface area contributed by atoms with Crippen LogP contribution in [0.3, 0.4) is 0 Å². The lowest BCUT2D eigenvalue weighted by Crippen LogP contribution is -2.39. The van der Waals surface area contributed by atoms with Crippen LogP contribution < -0.4 is 11.2 Å². The number of aromatic nitrogens is 4. The summed E-state index contributed by atoms with van der Waals surface area (Å²) >= 11 is 0. The SMILES string of the molecule is CC(C)Cn1c(=O)n(C)c(=O)c2c1ncn2COC(=O)CN(C)C. The molecule has 0 aromatic carbocycles. The van der Waals surface area contributed by atoms with Crippen LogP contribution in [0.25, 0.3) is 11.2 Å². The van der Waals surface area contributed by atoms with E-state index in [4.69, 9.17) is 4.74 Å². The Hall–Kier alpha value is -2.42. The van der Waals surface area contributed by atoms with Crippen LogP contribution in [0.4, 0.5) is 0 Å². The summed E-state index contributed by atoms with van der Waals surface area (Å²) in [5, 5.41) is 0. The topological polar surface area (TPSA) is 91.4 Å². The lowest BCUT2D eigenvalue weighted by atomic mass is 10.2. The summed E-state index contributed by atoms with van der Waals surface area (Å²) < 4.78 is 9.12. The molecule has 132 valence electrons. The number of likely N-dealkylation sites (N-methyl/N-ethyl adjacent to an activating group) is 1. The highest BCUT2D eigenvalue weighted by molar-refractivity contribution is 5.72. The van der Waals surface area contributed by atoms with Gasteiger partial charge in [0.25, 0.3) is 5.56 Å². The van der Waals surface area contributed by atoms with Crippen LogP contribution in [0.2, 0.25) is 0 Å². The highest BCUT2D eigenvalue weighted by Gasteiger charge is 2.17. The minimum absolute atomic E-state index is 0.127. The number of imidazole rings is 1. The lowest BCUT2D eigenvalue weighted by molar-refractivity contribution is -0.148. The number of rotatable bonds is 6. The summed E-state index contributed by atoms with van der Waals surface area (Å²) in [5.41, 5.74) is -0.317. The molecule has 9 heteroatoms. The Morgan fingerprint density at radius 2 is 2.00 bits per heavy atom. The van der Waals surface area contributed by atoms with Crippen molar-refractivity contribution in [3.8, 4) is 0 Å². The van der Waals surface area contributed by atoms with Gasteiger partial charge in [0.1, 0.15) is 6.33 Å². The molecular weight excluding hydrogens is 314 g/mol. The molecule has 0 spiro atoms. The molecule has 0 aliphatic rings. The monoisotopic (exact) mass is 337 g/mol. The molecule has 0 N–H and O–H groups in total. The van der Waals surface area contributed by atoms with Crippen molar-refractivity contribution in [1.82, 2.24) is 23.6 Å². The number of ether oxygens (including phenoxy) is 1. The van der Waals surface area contributed by atoms with E-state index in [0.717, 1.165) is 4.57 Å². The maximum Gasteiger partial charge on any atom is 0.332 e. The predicted octanol–water partition coefficient (Wildman–Crippen LogP) is -0.385. The second kappa shape index (κ2) is 7.00. The summed E-state index contributed by atoms with van der Waals surface area (Å²) in [6.45, 7) is 4.41. The molecule has 0 radical (unpaired) electrons. The highest BCUT2D eigenvalue weighted by Crippen LogP contribution is 2.09. The van der Waals surface area contributed by atoms with E-state index in [1.54, 1.807) is 19.0 Å². The normalized spacial score (nSPS) is 11.6. The molecule has 2 aromatic rings. The van der Waals surface area contributed by atoms with Gasteiger partial charge in [0.2, 0.25) is 0 Å². The van der Waals surface area contributed by atoms with Gasteiger partial charge in [0.15, 0.2) is 17.9 Å². The molecule has 0 atom stereocenters. The summed E-state index contributed by atoms with van der Waals surface area (Å²) in [4.78, 5) is 42.3. The van der Waals surface area contributed by atoms with Crippen LogP contribution in [-0.2, 0) is 29.9 Å². The number of carbonyl (C=O) groups is 1. The zero-order valence-corrected chi connectivity index (χ0v) is 14.6. The molecule has 0 aliphatic heterocycles. The molecule has 2 rings (SSSR count). The number of hydrogen-bond acceptors (Lipinski definition) is 6. The maximum absolute atomic E-state index is 12.4. The van der Waals surface area contributed by atoms with Gasteiger partial charge in [-0.15, -0.1) is 0 Å². The molecule has 0 saturated heterocycles. The zero-order chi connectivity index (χ0) is 18.0. The van der Waals surface area contributed by atoms with E-state index in [2.05, 4.69) is 4.98 Å². The lowest BCUT2D eigenvalue weighted by Gasteiger charge is -2.12. The van der Waals surface area contributed by atoms with Crippen LogP contribution in [0.15, 0.2) is 15.9 Å². The number of esters is 1. The largest absolute Gasteiger partial charge is 0.443 e. The minimum atomic E-state index is -0.462. The van der Waals surface area contributed by atoms with Gasteiger partial charge in [-0.25, -0.2) is 9.78 Å². The van der Waals surface area contributed by atoms with E-state index in [0.29, 0.717) is 12.2 Å². The van der Waals surface area contributed by atoms with Crippen molar-refractivity contribution in [2.24, 2.45) is 13.0 Å². The van der Waals surface area contributed by atoms with Gasteiger partial charge in [-0.3, -0.25) is 28.2 Å². The number of hydrogen-bond donors (Lipinski definition) is 0. The van der Waals surface area contributed by atoms with Crippen LogP contribution in [0, 0.1) is 5.92 Å². The third-order valence-electron chi connectivity index (χ3n) is 3.46. The van der Waals surface area contributed by atoms with Crippen molar-refractivity contribution in [3.05, 3.63) is 27.2 Å². The minimum Gasteiger partial charge on any atom is -0.443 e. The Kier molecular flexibility index (Phi) is 5.23. The zero-order valence-electron chi connectivity index (χ0n) is 14.6. The molecule has 9 nitrogen and oxygen atoms in total. The van der Waals surface area contributed by atoms with E-state index >= 15 is 0 Å². The predicted molar refractivity (Wildman–Crippen MR) is 88.7 cm³/mol. The van der Waals surface area contributed by atoms with Gasteiger partial charge in [-0.05, 0) is 20.0 Å². The Labute approximate surface area is 139 Å². The number of fused-ring (bicyclic) bond motifs is 1. The average Bonchev–Trinajstić information content (AvgIpc) is 2.90. The van der Waals surface area contributed by atoms with Crippen LogP contribution in [0.1, 0.15) is 13.8 Å². The fraction of sp³-hybridized carbons (Fsp3) is 0.600. The fourth-order valence-corrected chi connectivity index (χ4v) is 2.38. The summed E-state index contributed by atoms with van der Waals surface area (Å²) in [6, 6.07) is 0. The molecule has 0 amide bonds. The Morgan fingerprint density at radius 3 is 2.58 bits per heavy atom. The first kappa shape index (κ1) is 17.9. The average molecular weight is 337 g/mol. The number of carbonyl (C=O) groups excluding carboxylic acids is 1. The van der Waals surface area contributed by atoms with E-state index < -0.39 is 17.2 Å². The standard InChI is InChI=1S/C15H23N5O4/c1-10(2)6-20-13-12(14(22)18(5)15(20)23)19(8-16-13)9-24-11(21)7-17(3)4/h8,10H,6-7,9H2,1-5H3. The van der Waals surface area contributed by atoms with Gasteiger partial charge < -0.3 is 4.74 Å². The first-order valence-electron chi connectivity index (χ1n) is 7.67. The molecule has 0 saturated carbocycles. The molecule has 0 fully saturated rings. The highest BCUT2D eigenvalue weighted by atomic mass is 16.5. The van der Waals surface area contributed by atoms with Gasteiger partial charge in [0.05, 0.1) is 6.54 Å². The van der Waals surface area contributed by atoms with Gasteiger partial charge in [-0.2, -0.15) is 0 Å². The molecule has 0 aliphatic carbocycles. The Bertz CT molecular complexity index is 859. The molecule has 2 heterocycles. The quantitative estimate of drug-likeness (QED) is 0.667. The summed E-state index contributed by atoms with van der Waals surface area (Å²) in [5.74, 6) is -0.194. The second-order valence-corrected chi connectivity index (χ2v) is 6.42. The van der Waals surface area contributed by atoms with Gasteiger partial charge in [-0.1, -0.05) is 13.8 Å². The Morgan fingerprint density at radius 1 is 1.33 bits per heavy atom. The molecule has 2 aromatic heterocycles. The third kappa shape index (κ3) is 3.56. The van der Waals surface area contributed by atoms with E-state index in [9.17, 15) is 14.4 Å². The van der Waals surface area contributed by atoms with Crippen LogP contribution in [-0.4, -0.2) is 50.2 Å². The van der Waals surface area contributed by atoms with Crippen molar-refractivity contribution in [3.63, 3.8) is 0 Å². The number of nitrogens with zero attached hydrogens (tertiary/aromatic N) is 5. The molecular formula is C15H23N5O4. The van der Waals surface area contributed by atoms with Crippen LogP contribution >= 0.6 is 0 Å². The maximum atomic E-state index is 12.4. The fourth-order valence-electron chi connectivity index (χ4n) is 2.38. The Balaban J connectivity index is 2.44.